The van der Waals surface area contributed by atoms with Gasteiger partial charge in [-0.2, -0.15) is 0 Å². The molecular weight excluding hydrogens is 344 g/mol. The molecule has 2 heterocycles. The molecule has 1 aromatic carbocycles. The zero-order valence-corrected chi connectivity index (χ0v) is 15.5. The summed E-state index contributed by atoms with van der Waals surface area (Å²) in [5.41, 5.74) is 2.42. The van der Waals surface area contributed by atoms with Crippen LogP contribution in [0.1, 0.15) is 5.56 Å². The Bertz CT molecular complexity index is 699. The fourth-order valence-corrected chi connectivity index (χ4v) is 3.65. The molecule has 0 N–H and O–H groups in total. The van der Waals surface area contributed by atoms with Gasteiger partial charge in [-0.25, -0.2) is 4.98 Å². The lowest BCUT2D eigenvalue weighted by Gasteiger charge is -2.36. The third-order valence-corrected chi connectivity index (χ3v) is 5.41. The summed E-state index contributed by atoms with van der Waals surface area (Å²) in [4.78, 5) is 22.7. The van der Waals surface area contributed by atoms with Crippen LogP contribution in [0.2, 0.25) is 5.02 Å². The van der Waals surface area contributed by atoms with Gasteiger partial charge >= 0.3 is 0 Å². The van der Waals surface area contributed by atoms with Gasteiger partial charge in [-0.3, -0.25) is 14.6 Å². The Hall–Kier alpha value is -1.63. The molecule has 24 heavy (non-hydrogen) atoms. The first-order valence-corrected chi connectivity index (χ1v) is 9.20. The van der Waals surface area contributed by atoms with Crippen LogP contribution in [0, 0.1) is 6.92 Å². The topological polar surface area (TPSA) is 39.7 Å². The summed E-state index contributed by atoms with van der Waals surface area (Å²) in [6.45, 7) is 6.06. The lowest BCUT2D eigenvalue weighted by molar-refractivity contribution is -0.119. The van der Waals surface area contributed by atoms with Crippen molar-refractivity contribution in [3.05, 3.63) is 40.4 Å². The number of nitrogens with zero attached hydrogens (tertiary/aromatic N) is 4. The number of amides is 1. The van der Waals surface area contributed by atoms with Gasteiger partial charge in [0.15, 0.2) is 5.13 Å². The van der Waals surface area contributed by atoms with E-state index in [1.165, 1.54) is 22.6 Å². The predicted molar refractivity (Wildman–Crippen MR) is 100 cm³/mol. The van der Waals surface area contributed by atoms with Crippen LogP contribution in [0.3, 0.4) is 0 Å². The van der Waals surface area contributed by atoms with E-state index in [0.717, 1.165) is 36.3 Å². The summed E-state index contributed by atoms with van der Waals surface area (Å²) in [6.07, 6.45) is 1.72. The number of anilines is 2. The molecule has 0 spiro atoms. The summed E-state index contributed by atoms with van der Waals surface area (Å²) in [5, 5.41) is 3.39. The quantitative estimate of drug-likeness (QED) is 0.836. The smallest absolute Gasteiger partial charge is 0.242 e. The second-order valence-corrected chi connectivity index (χ2v) is 7.27. The molecule has 1 aliphatic heterocycles. The maximum absolute atomic E-state index is 12.4. The first-order chi connectivity index (χ1) is 11.5. The molecule has 3 rings (SSSR count). The number of halogens is 1. The fourth-order valence-electron chi connectivity index (χ4n) is 2.86. The number of hydrogen-bond donors (Lipinski definition) is 0. The van der Waals surface area contributed by atoms with Crippen molar-refractivity contribution in [3.63, 3.8) is 0 Å². The third kappa shape index (κ3) is 3.88. The average Bonchev–Trinajstić information content (AvgIpc) is 3.11. The van der Waals surface area contributed by atoms with E-state index in [2.05, 4.69) is 27.8 Å². The van der Waals surface area contributed by atoms with Gasteiger partial charge in [-0.05, 0) is 24.6 Å². The summed E-state index contributed by atoms with van der Waals surface area (Å²) in [7, 11) is 1.78. The molecule has 1 aromatic heterocycles. The van der Waals surface area contributed by atoms with E-state index in [-0.39, 0.29) is 5.91 Å². The number of aryl methyl sites for hydroxylation is 1. The van der Waals surface area contributed by atoms with Crippen LogP contribution in [0.15, 0.2) is 29.8 Å². The highest BCUT2D eigenvalue weighted by Crippen LogP contribution is 2.25. The van der Waals surface area contributed by atoms with Gasteiger partial charge in [0.05, 0.1) is 6.54 Å². The highest BCUT2D eigenvalue weighted by Gasteiger charge is 2.22. The van der Waals surface area contributed by atoms with E-state index in [1.807, 2.05) is 17.5 Å². The minimum absolute atomic E-state index is 0.0809. The molecule has 2 aromatic rings. The van der Waals surface area contributed by atoms with Gasteiger partial charge in [0, 0.05) is 55.5 Å². The highest BCUT2D eigenvalue weighted by molar-refractivity contribution is 7.13. The average molecular weight is 365 g/mol. The van der Waals surface area contributed by atoms with Crippen LogP contribution < -0.4 is 9.80 Å². The number of piperazine rings is 1. The Labute approximate surface area is 151 Å². The van der Waals surface area contributed by atoms with Crippen LogP contribution in [0.5, 0.6) is 0 Å². The van der Waals surface area contributed by atoms with Crippen molar-refractivity contribution in [3.8, 4) is 0 Å². The van der Waals surface area contributed by atoms with Gasteiger partial charge in [0.2, 0.25) is 5.91 Å². The van der Waals surface area contributed by atoms with Gasteiger partial charge < -0.3 is 4.90 Å². The van der Waals surface area contributed by atoms with Crippen molar-refractivity contribution >= 4 is 39.7 Å². The Balaban J connectivity index is 1.55. The number of carbonyl (C=O) groups excluding carboxylic acids is 1. The lowest BCUT2D eigenvalue weighted by atomic mass is 10.1. The van der Waals surface area contributed by atoms with Crippen molar-refractivity contribution < 1.29 is 4.79 Å². The number of hydrogen-bond acceptors (Lipinski definition) is 5. The molecule has 0 radical (unpaired) electrons. The molecule has 7 heteroatoms. The molecule has 1 fully saturated rings. The molecule has 1 amide bonds. The molecule has 0 atom stereocenters. The number of likely N-dealkylation sites (N-methyl/N-ethyl adjacent to an activating group) is 1. The molecule has 0 bridgehead atoms. The number of benzene rings is 1. The Morgan fingerprint density at radius 2 is 2.08 bits per heavy atom. The number of thiazole rings is 1. The van der Waals surface area contributed by atoms with Crippen LogP contribution >= 0.6 is 22.9 Å². The second kappa shape index (κ2) is 7.51. The Morgan fingerprint density at radius 3 is 2.75 bits per heavy atom. The maximum atomic E-state index is 12.4. The highest BCUT2D eigenvalue weighted by atomic mass is 35.5. The Kier molecular flexibility index (Phi) is 5.38. The van der Waals surface area contributed by atoms with E-state index in [9.17, 15) is 4.79 Å². The van der Waals surface area contributed by atoms with Gasteiger partial charge in [0.1, 0.15) is 0 Å². The first-order valence-electron chi connectivity index (χ1n) is 7.94. The molecule has 128 valence electrons. The fraction of sp³-hybridized carbons (Fsp3) is 0.412. The second-order valence-electron chi connectivity index (χ2n) is 5.96. The van der Waals surface area contributed by atoms with Crippen LogP contribution in [0.25, 0.3) is 0 Å². The van der Waals surface area contributed by atoms with Crippen molar-refractivity contribution in [2.24, 2.45) is 0 Å². The van der Waals surface area contributed by atoms with Gasteiger partial charge in [-0.15, -0.1) is 11.3 Å². The van der Waals surface area contributed by atoms with E-state index in [1.54, 1.807) is 18.1 Å². The number of carbonyl (C=O) groups is 1. The van der Waals surface area contributed by atoms with Crippen LogP contribution in [0.4, 0.5) is 10.8 Å². The molecule has 0 saturated carbocycles. The van der Waals surface area contributed by atoms with Gasteiger partial charge in [-0.1, -0.05) is 17.7 Å². The first kappa shape index (κ1) is 17.2. The van der Waals surface area contributed by atoms with Gasteiger partial charge in [0.25, 0.3) is 0 Å². The van der Waals surface area contributed by atoms with Crippen LogP contribution in [-0.2, 0) is 4.79 Å². The normalized spacial score (nSPS) is 15.5. The van der Waals surface area contributed by atoms with E-state index in [0.29, 0.717) is 6.54 Å². The molecule has 0 aliphatic carbocycles. The lowest BCUT2D eigenvalue weighted by Crippen LogP contribution is -2.50. The molecule has 5 nitrogen and oxygen atoms in total. The zero-order chi connectivity index (χ0) is 17.1. The SMILES string of the molecule is Cc1ccc(Cl)cc1N1CCN(CC(=O)N(C)c2nccs2)CC1. The van der Waals surface area contributed by atoms with Crippen molar-refractivity contribution in [2.45, 2.75) is 6.92 Å². The minimum Gasteiger partial charge on any atom is -0.369 e. The summed E-state index contributed by atoms with van der Waals surface area (Å²) in [5.74, 6) is 0.0809. The predicted octanol–water partition coefficient (Wildman–Crippen LogP) is 2.89. The zero-order valence-electron chi connectivity index (χ0n) is 13.9. The Morgan fingerprint density at radius 1 is 1.33 bits per heavy atom. The van der Waals surface area contributed by atoms with E-state index in [4.69, 9.17) is 11.6 Å². The third-order valence-electron chi connectivity index (χ3n) is 4.32. The summed E-state index contributed by atoms with van der Waals surface area (Å²) in [6, 6.07) is 5.99. The molecular formula is C17H21ClN4OS. The monoisotopic (exact) mass is 364 g/mol. The largest absolute Gasteiger partial charge is 0.369 e. The maximum Gasteiger partial charge on any atom is 0.242 e. The summed E-state index contributed by atoms with van der Waals surface area (Å²) < 4.78 is 0. The molecule has 1 saturated heterocycles. The summed E-state index contributed by atoms with van der Waals surface area (Å²) >= 11 is 7.60. The van der Waals surface area contributed by atoms with E-state index >= 15 is 0 Å². The minimum atomic E-state index is 0.0809. The van der Waals surface area contributed by atoms with Crippen molar-refractivity contribution in [1.82, 2.24) is 9.88 Å². The van der Waals surface area contributed by atoms with E-state index < -0.39 is 0 Å². The van der Waals surface area contributed by atoms with Crippen molar-refractivity contribution in [2.75, 3.05) is 49.6 Å². The van der Waals surface area contributed by atoms with Crippen molar-refractivity contribution in [1.29, 1.82) is 0 Å². The molecule has 1 aliphatic rings. The van der Waals surface area contributed by atoms with Crippen LogP contribution in [-0.4, -0.2) is 55.6 Å². The number of rotatable bonds is 4. The molecule has 0 unspecified atom stereocenters. The number of aromatic nitrogens is 1. The standard InChI is InChI=1S/C17H21ClN4OS/c1-13-3-4-14(18)11-15(13)22-8-6-21(7-9-22)12-16(23)20(2)17-19-5-10-24-17/h3-5,10-11H,6-9,12H2,1-2H3.